The van der Waals surface area contributed by atoms with Crippen molar-refractivity contribution in [3.63, 3.8) is 0 Å². The number of benzene rings is 2. The number of anilines is 1. The van der Waals surface area contributed by atoms with Gasteiger partial charge in [-0.25, -0.2) is 0 Å². The van der Waals surface area contributed by atoms with Crippen LogP contribution < -0.4 is 10.2 Å². The summed E-state index contributed by atoms with van der Waals surface area (Å²) in [5.74, 6) is 0.103. The van der Waals surface area contributed by atoms with Gasteiger partial charge in [0.05, 0.1) is 0 Å². The monoisotopic (exact) mass is 337 g/mol. The predicted molar refractivity (Wildman–Crippen MR) is 103 cm³/mol. The third-order valence-corrected chi connectivity index (χ3v) is 4.98. The first-order valence-electron chi connectivity index (χ1n) is 9.06. The summed E-state index contributed by atoms with van der Waals surface area (Å²) in [6.45, 7) is 5.84. The van der Waals surface area contributed by atoms with E-state index in [9.17, 15) is 4.79 Å². The smallest absolute Gasteiger partial charge is 0.253 e. The second-order valence-electron chi connectivity index (χ2n) is 6.61. The number of carbonyl (C=O) groups excluding carboxylic acids is 1. The van der Waals surface area contributed by atoms with E-state index in [4.69, 9.17) is 0 Å². The van der Waals surface area contributed by atoms with Gasteiger partial charge in [0.2, 0.25) is 0 Å². The van der Waals surface area contributed by atoms with Crippen molar-refractivity contribution in [2.24, 2.45) is 0 Å². The molecule has 1 aliphatic rings. The van der Waals surface area contributed by atoms with Crippen molar-refractivity contribution in [2.75, 3.05) is 31.6 Å². The Labute approximate surface area is 150 Å². The van der Waals surface area contributed by atoms with Crippen molar-refractivity contribution < 1.29 is 4.79 Å². The molecule has 1 saturated heterocycles. The lowest BCUT2D eigenvalue weighted by Gasteiger charge is -2.25. The summed E-state index contributed by atoms with van der Waals surface area (Å²) >= 11 is 0. The Morgan fingerprint density at radius 2 is 1.84 bits per heavy atom. The summed E-state index contributed by atoms with van der Waals surface area (Å²) in [6.07, 6.45) is 1.03. The number of likely N-dealkylation sites (N-methyl/N-ethyl adjacent to an activating group) is 1. The van der Waals surface area contributed by atoms with Gasteiger partial charge in [-0.1, -0.05) is 30.3 Å². The standard InChI is InChI=1S/C21H27N3O/c1-3-24(16-17-7-5-4-6-8-17)19-11-9-18(10-12-19)21(25)23(2)20-13-14-22-15-20/h4-12,20,22H,3,13-16H2,1-2H3. The molecular weight excluding hydrogens is 310 g/mol. The first-order chi connectivity index (χ1) is 12.2. The number of hydrogen-bond acceptors (Lipinski definition) is 3. The number of amides is 1. The van der Waals surface area contributed by atoms with Gasteiger partial charge in [-0.2, -0.15) is 0 Å². The largest absolute Gasteiger partial charge is 0.367 e. The van der Waals surface area contributed by atoms with Gasteiger partial charge < -0.3 is 15.1 Å². The van der Waals surface area contributed by atoms with Crippen LogP contribution in [0.3, 0.4) is 0 Å². The van der Waals surface area contributed by atoms with Crippen LogP contribution in [-0.2, 0) is 6.54 Å². The van der Waals surface area contributed by atoms with Crippen LogP contribution in [0.4, 0.5) is 5.69 Å². The Morgan fingerprint density at radius 1 is 1.12 bits per heavy atom. The van der Waals surface area contributed by atoms with E-state index in [1.807, 2.05) is 30.1 Å². The van der Waals surface area contributed by atoms with Gasteiger partial charge in [-0.15, -0.1) is 0 Å². The molecule has 1 N–H and O–H groups in total. The molecular formula is C21H27N3O. The maximum atomic E-state index is 12.7. The van der Waals surface area contributed by atoms with E-state index < -0.39 is 0 Å². The highest BCUT2D eigenvalue weighted by atomic mass is 16.2. The van der Waals surface area contributed by atoms with Crippen LogP contribution in [0.1, 0.15) is 29.3 Å². The fourth-order valence-corrected chi connectivity index (χ4v) is 3.34. The lowest BCUT2D eigenvalue weighted by molar-refractivity contribution is 0.0744. The Bertz CT molecular complexity index is 678. The van der Waals surface area contributed by atoms with Crippen molar-refractivity contribution in [3.05, 3.63) is 65.7 Å². The molecule has 0 saturated carbocycles. The summed E-state index contributed by atoms with van der Waals surface area (Å²) < 4.78 is 0. The first kappa shape index (κ1) is 17.5. The second-order valence-corrected chi connectivity index (χ2v) is 6.61. The van der Waals surface area contributed by atoms with E-state index in [1.54, 1.807) is 0 Å². The number of hydrogen-bond donors (Lipinski definition) is 1. The first-order valence-corrected chi connectivity index (χ1v) is 9.06. The molecule has 0 radical (unpaired) electrons. The molecule has 2 aromatic rings. The summed E-state index contributed by atoms with van der Waals surface area (Å²) in [7, 11) is 1.90. The van der Waals surface area contributed by atoms with Crippen LogP contribution in [0, 0.1) is 0 Å². The molecule has 132 valence electrons. The molecule has 25 heavy (non-hydrogen) atoms. The fourth-order valence-electron chi connectivity index (χ4n) is 3.34. The van der Waals surface area contributed by atoms with Crippen LogP contribution in [0.2, 0.25) is 0 Å². The molecule has 1 fully saturated rings. The maximum Gasteiger partial charge on any atom is 0.253 e. The van der Waals surface area contributed by atoms with E-state index >= 15 is 0 Å². The van der Waals surface area contributed by atoms with Crippen LogP contribution >= 0.6 is 0 Å². The molecule has 1 unspecified atom stereocenters. The Balaban J connectivity index is 1.68. The normalized spacial score (nSPS) is 16.6. The molecule has 0 bridgehead atoms. The van der Waals surface area contributed by atoms with E-state index in [-0.39, 0.29) is 5.91 Å². The highest BCUT2D eigenvalue weighted by molar-refractivity contribution is 5.94. The highest BCUT2D eigenvalue weighted by Crippen LogP contribution is 2.19. The zero-order valence-corrected chi connectivity index (χ0v) is 15.1. The van der Waals surface area contributed by atoms with Crippen molar-refractivity contribution in [2.45, 2.75) is 25.9 Å². The minimum Gasteiger partial charge on any atom is -0.367 e. The Morgan fingerprint density at radius 3 is 2.44 bits per heavy atom. The molecule has 2 aromatic carbocycles. The maximum absolute atomic E-state index is 12.7. The molecule has 4 nitrogen and oxygen atoms in total. The van der Waals surface area contributed by atoms with Crippen molar-refractivity contribution in [1.29, 1.82) is 0 Å². The lowest BCUT2D eigenvalue weighted by atomic mass is 10.1. The number of rotatable bonds is 6. The van der Waals surface area contributed by atoms with Crippen LogP contribution in [0.5, 0.6) is 0 Å². The summed E-state index contributed by atoms with van der Waals surface area (Å²) in [5.41, 5.74) is 3.19. The van der Waals surface area contributed by atoms with E-state index in [0.29, 0.717) is 6.04 Å². The van der Waals surface area contributed by atoms with Gasteiger partial charge in [0.15, 0.2) is 0 Å². The third-order valence-electron chi connectivity index (χ3n) is 4.98. The van der Waals surface area contributed by atoms with Gasteiger partial charge >= 0.3 is 0 Å². The summed E-state index contributed by atoms with van der Waals surface area (Å²) in [6, 6.07) is 18.8. The van der Waals surface area contributed by atoms with Crippen LogP contribution in [0.25, 0.3) is 0 Å². The number of nitrogens with zero attached hydrogens (tertiary/aromatic N) is 2. The topological polar surface area (TPSA) is 35.6 Å². The summed E-state index contributed by atoms with van der Waals surface area (Å²) in [4.78, 5) is 16.8. The summed E-state index contributed by atoms with van der Waals surface area (Å²) in [5, 5.41) is 3.31. The van der Waals surface area contributed by atoms with E-state index in [0.717, 1.165) is 43.9 Å². The molecule has 3 rings (SSSR count). The average molecular weight is 337 g/mol. The number of carbonyl (C=O) groups is 1. The van der Waals surface area contributed by atoms with Gasteiger partial charge in [-0.05, 0) is 49.7 Å². The molecule has 0 aromatic heterocycles. The lowest BCUT2D eigenvalue weighted by Crippen LogP contribution is -2.38. The molecule has 1 aliphatic heterocycles. The average Bonchev–Trinajstić information content (AvgIpc) is 3.21. The fraction of sp³-hybridized carbons (Fsp3) is 0.381. The quantitative estimate of drug-likeness (QED) is 0.879. The second kappa shape index (κ2) is 8.17. The van der Waals surface area contributed by atoms with Crippen LogP contribution in [-0.4, -0.2) is 43.5 Å². The van der Waals surface area contributed by atoms with Gasteiger partial charge in [0.25, 0.3) is 5.91 Å². The van der Waals surface area contributed by atoms with E-state index in [2.05, 4.69) is 53.5 Å². The zero-order valence-electron chi connectivity index (χ0n) is 15.1. The third kappa shape index (κ3) is 4.20. The minimum absolute atomic E-state index is 0.103. The Kier molecular flexibility index (Phi) is 5.71. The predicted octanol–water partition coefficient (Wildman–Crippen LogP) is 3.15. The SMILES string of the molecule is CCN(Cc1ccccc1)c1ccc(C(=O)N(C)C2CCNC2)cc1. The Hall–Kier alpha value is -2.33. The van der Waals surface area contributed by atoms with Crippen molar-refractivity contribution in [3.8, 4) is 0 Å². The van der Waals surface area contributed by atoms with Gasteiger partial charge in [0.1, 0.15) is 0 Å². The van der Waals surface area contributed by atoms with Crippen molar-refractivity contribution in [1.82, 2.24) is 10.2 Å². The molecule has 4 heteroatoms. The molecule has 1 heterocycles. The van der Waals surface area contributed by atoms with Gasteiger partial charge in [0, 0.05) is 44.0 Å². The van der Waals surface area contributed by atoms with Crippen molar-refractivity contribution >= 4 is 11.6 Å². The number of nitrogens with one attached hydrogen (secondary N) is 1. The van der Waals surface area contributed by atoms with Gasteiger partial charge in [-0.3, -0.25) is 4.79 Å². The minimum atomic E-state index is 0.103. The zero-order chi connectivity index (χ0) is 17.6. The molecule has 1 amide bonds. The van der Waals surface area contributed by atoms with E-state index in [1.165, 1.54) is 5.56 Å². The molecule has 0 spiro atoms. The molecule has 0 aliphatic carbocycles. The molecule has 1 atom stereocenters. The van der Waals surface area contributed by atoms with Crippen LogP contribution in [0.15, 0.2) is 54.6 Å². The highest BCUT2D eigenvalue weighted by Gasteiger charge is 2.24.